The summed E-state index contributed by atoms with van der Waals surface area (Å²) in [6.07, 6.45) is 3.38. The fourth-order valence-electron chi connectivity index (χ4n) is 4.59. The molecule has 3 heterocycles. The van der Waals surface area contributed by atoms with Crippen molar-refractivity contribution in [3.8, 4) is 5.88 Å². The Bertz CT molecular complexity index is 923. The van der Waals surface area contributed by atoms with Gasteiger partial charge in [-0.1, -0.05) is 0 Å². The van der Waals surface area contributed by atoms with Crippen LogP contribution in [0.4, 0.5) is 11.5 Å². The van der Waals surface area contributed by atoms with Gasteiger partial charge >= 0.3 is 0 Å². The summed E-state index contributed by atoms with van der Waals surface area (Å²) in [5.41, 5.74) is 1.93. The quantitative estimate of drug-likeness (QED) is 0.447. The van der Waals surface area contributed by atoms with E-state index < -0.39 is 0 Å². The van der Waals surface area contributed by atoms with E-state index in [1.165, 1.54) is 0 Å². The van der Waals surface area contributed by atoms with Crippen LogP contribution >= 0.6 is 0 Å². The Hall–Kier alpha value is -2.75. The van der Waals surface area contributed by atoms with Gasteiger partial charge in [0, 0.05) is 82.5 Å². The molecule has 0 unspecified atom stereocenters. The molecule has 2 saturated heterocycles. The van der Waals surface area contributed by atoms with Gasteiger partial charge in [0.2, 0.25) is 0 Å². The van der Waals surface area contributed by atoms with E-state index in [1.807, 2.05) is 24.3 Å². The molecular weight excluding hydrogens is 444 g/mol. The van der Waals surface area contributed by atoms with E-state index >= 15 is 0 Å². The summed E-state index contributed by atoms with van der Waals surface area (Å²) in [5.74, 6) is 1.53. The van der Waals surface area contributed by atoms with Crippen LogP contribution in [0.3, 0.4) is 0 Å². The minimum atomic E-state index is 0.163. The second-order valence-electron chi connectivity index (χ2n) is 8.89. The van der Waals surface area contributed by atoms with Gasteiger partial charge in [-0.15, -0.1) is 0 Å². The number of hydrogen-bond acceptors (Lipinski definition) is 9. The summed E-state index contributed by atoms with van der Waals surface area (Å²) < 4.78 is 11.4. The monoisotopic (exact) mass is 482 g/mol. The summed E-state index contributed by atoms with van der Waals surface area (Å²) in [5, 5.41) is 0. The van der Waals surface area contributed by atoms with Crippen LogP contribution in [0.15, 0.2) is 36.7 Å². The first kappa shape index (κ1) is 25.3. The van der Waals surface area contributed by atoms with Crippen LogP contribution in [0.5, 0.6) is 5.88 Å². The Kier molecular flexibility index (Phi) is 9.28. The van der Waals surface area contributed by atoms with Crippen LogP contribution in [0, 0.1) is 0 Å². The number of carbonyl (C=O) groups is 1. The maximum absolute atomic E-state index is 12.9. The number of morpholine rings is 1. The molecule has 1 aromatic carbocycles. The lowest BCUT2D eigenvalue weighted by Gasteiger charge is -2.35. The molecule has 0 bridgehead atoms. The predicted octanol–water partition coefficient (Wildman–Crippen LogP) is 2.04. The fourth-order valence-corrected chi connectivity index (χ4v) is 4.59. The van der Waals surface area contributed by atoms with Crippen LogP contribution in [0.2, 0.25) is 0 Å². The predicted molar refractivity (Wildman–Crippen MR) is 138 cm³/mol. The Balaban J connectivity index is 1.26. The maximum Gasteiger partial charge on any atom is 0.257 e. The first-order valence-corrected chi connectivity index (χ1v) is 12.8. The number of Topliss-reactive ketones (excluding diaryl/α,β-unsaturated/α-hetero) is 1. The number of rotatable bonds is 11. The Labute approximate surface area is 208 Å². The standard InChI is InChI=1S/C26H38N6O3/c1-3-31(4-2)23-7-5-22(6-8-23)24(33)21-30-11-13-32(14-12-30)25-26(28-10-9-27-25)35-20-17-29-15-18-34-19-16-29/h5-10H,3-4,11-21H2,1-2H3. The molecule has 9 nitrogen and oxygen atoms in total. The molecule has 0 radical (unpaired) electrons. The SMILES string of the molecule is CCN(CC)c1ccc(C(=O)CN2CCN(c3nccnc3OCCN3CCOCC3)CC2)cc1. The highest BCUT2D eigenvalue weighted by molar-refractivity contribution is 5.97. The minimum Gasteiger partial charge on any atom is -0.474 e. The van der Waals surface area contributed by atoms with Crippen molar-refractivity contribution >= 4 is 17.3 Å². The molecule has 2 aliphatic heterocycles. The summed E-state index contributed by atoms with van der Waals surface area (Å²) in [7, 11) is 0. The Morgan fingerprint density at radius 3 is 2.31 bits per heavy atom. The third-order valence-corrected chi connectivity index (χ3v) is 6.75. The number of nitrogens with zero attached hydrogens (tertiary/aromatic N) is 6. The lowest BCUT2D eigenvalue weighted by molar-refractivity contribution is 0.0320. The average Bonchev–Trinajstić information content (AvgIpc) is 2.91. The van der Waals surface area contributed by atoms with E-state index in [4.69, 9.17) is 9.47 Å². The van der Waals surface area contributed by atoms with Crippen molar-refractivity contribution < 1.29 is 14.3 Å². The van der Waals surface area contributed by atoms with Crippen molar-refractivity contribution in [2.24, 2.45) is 0 Å². The number of piperazine rings is 1. The van der Waals surface area contributed by atoms with Crippen molar-refractivity contribution in [1.82, 2.24) is 19.8 Å². The number of ether oxygens (including phenoxy) is 2. The maximum atomic E-state index is 12.9. The van der Waals surface area contributed by atoms with Gasteiger partial charge in [-0.3, -0.25) is 14.6 Å². The lowest BCUT2D eigenvalue weighted by Crippen LogP contribution is -2.48. The normalized spacial score (nSPS) is 17.4. The molecule has 190 valence electrons. The topological polar surface area (TPSA) is 74.3 Å². The largest absolute Gasteiger partial charge is 0.474 e. The lowest BCUT2D eigenvalue weighted by atomic mass is 10.1. The van der Waals surface area contributed by atoms with Gasteiger partial charge in [0.25, 0.3) is 5.88 Å². The summed E-state index contributed by atoms with van der Waals surface area (Å²) in [6.45, 7) is 14.7. The number of aromatic nitrogens is 2. The van der Waals surface area contributed by atoms with E-state index in [0.717, 1.165) is 89.2 Å². The van der Waals surface area contributed by atoms with Gasteiger partial charge in [-0.05, 0) is 38.1 Å². The van der Waals surface area contributed by atoms with Crippen molar-refractivity contribution in [1.29, 1.82) is 0 Å². The van der Waals surface area contributed by atoms with Gasteiger partial charge in [0.15, 0.2) is 11.6 Å². The summed E-state index contributed by atoms with van der Waals surface area (Å²) in [6, 6.07) is 8.00. The number of carbonyl (C=O) groups excluding carboxylic acids is 1. The molecular formula is C26H38N6O3. The molecule has 9 heteroatoms. The number of ketones is 1. The van der Waals surface area contributed by atoms with Crippen molar-refractivity contribution in [2.45, 2.75) is 13.8 Å². The summed E-state index contributed by atoms with van der Waals surface area (Å²) in [4.78, 5) is 30.9. The molecule has 0 N–H and O–H groups in total. The molecule has 0 aliphatic carbocycles. The zero-order chi connectivity index (χ0) is 24.5. The third-order valence-electron chi connectivity index (χ3n) is 6.75. The van der Waals surface area contributed by atoms with E-state index in [2.05, 4.69) is 43.4 Å². The van der Waals surface area contributed by atoms with Crippen LogP contribution in [-0.4, -0.2) is 111 Å². The molecule has 35 heavy (non-hydrogen) atoms. The smallest absolute Gasteiger partial charge is 0.257 e. The van der Waals surface area contributed by atoms with Crippen LogP contribution in [-0.2, 0) is 4.74 Å². The van der Waals surface area contributed by atoms with E-state index in [-0.39, 0.29) is 5.78 Å². The Morgan fingerprint density at radius 2 is 1.63 bits per heavy atom. The first-order chi connectivity index (χ1) is 17.2. The van der Waals surface area contributed by atoms with Crippen molar-refractivity contribution in [2.75, 3.05) is 95.1 Å². The number of anilines is 2. The zero-order valence-electron chi connectivity index (χ0n) is 21.1. The second-order valence-corrected chi connectivity index (χ2v) is 8.89. The molecule has 0 atom stereocenters. The van der Waals surface area contributed by atoms with Gasteiger partial charge in [0.05, 0.1) is 19.8 Å². The molecule has 2 aliphatic rings. The zero-order valence-corrected chi connectivity index (χ0v) is 21.1. The van der Waals surface area contributed by atoms with Gasteiger partial charge < -0.3 is 19.3 Å². The molecule has 4 rings (SSSR count). The van der Waals surface area contributed by atoms with E-state index in [0.29, 0.717) is 19.0 Å². The molecule has 2 fully saturated rings. The summed E-state index contributed by atoms with van der Waals surface area (Å²) >= 11 is 0. The van der Waals surface area contributed by atoms with Crippen LogP contribution < -0.4 is 14.5 Å². The second kappa shape index (κ2) is 12.8. The van der Waals surface area contributed by atoms with Crippen molar-refractivity contribution in [3.05, 3.63) is 42.2 Å². The third kappa shape index (κ3) is 6.90. The van der Waals surface area contributed by atoms with Gasteiger partial charge in [-0.2, -0.15) is 0 Å². The van der Waals surface area contributed by atoms with Crippen LogP contribution in [0.25, 0.3) is 0 Å². The highest BCUT2D eigenvalue weighted by Gasteiger charge is 2.23. The molecule has 1 aromatic heterocycles. The van der Waals surface area contributed by atoms with Gasteiger partial charge in [0.1, 0.15) is 6.61 Å². The molecule has 0 spiro atoms. The molecule has 0 saturated carbocycles. The number of benzene rings is 1. The molecule has 2 aromatic rings. The first-order valence-electron chi connectivity index (χ1n) is 12.8. The number of hydrogen-bond donors (Lipinski definition) is 0. The Morgan fingerprint density at radius 1 is 0.943 bits per heavy atom. The van der Waals surface area contributed by atoms with Crippen LogP contribution in [0.1, 0.15) is 24.2 Å². The highest BCUT2D eigenvalue weighted by atomic mass is 16.5. The fraction of sp³-hybridized carbons (Fsp3) is 0.577. The van der Waals surface area contributed by atoms with E-state index in [9.17, 15) is 4.79 Å². The van der Waals surface area contributed by atoms with Crippen molar-refractivity contribution in [3.63, 3.8) is 0 Å². The van der Waals surface area contributed by atoms with Gasteiger partial charge in [-0.25, -0.2) is 9.97 Å². The minimum absolute atomic E-state index is 0.163. The van der Waals surface area contributed by atoms with E-state index in [1.54, 1.807) is 12.4 Å². The molecule has 0 amide bonds. The average molecular weight is 483 g/mol. The highest BCUT2D eigenvalue weighted by Crippen LogP contribution is 2.24.